The molecule has 0 radical (unpaired) electrons. The van der Waals surface area contributed by atoms with Crippen molar-refractivity contribution in [1.82, 2.24) is 15.2 Å². The van der Waals surface area contributed by atoms with Crippen molar-refractivity contribution in [1.29, 1.82) is 0 Å². The van der Waals surface area contributed by atoms with Gasteiger partial charge in [-0.15, -0.1) is 0 Å². The van der Waals surface area contributed by atoms with E-state index in [4.69, 9.17) is 4.74 Å². The number of pyridine rings is 1. The predicted molar refractivity (Wildman–Crippen MR) is 185 cm³/mol. The van der Waals surface area contributed by atoms with E-state index in [1.165, 1.54) is 17.7 Å². The number of likely N-dealkylation sites (tertiary alicyclic amines) is 1. The molecule has 1 aromatic heterocycles. The summed E-state index contributed by atoms with van der Waals surface area (Å²) in [5, 5.41) is 35.8. The lowest BCUT2D eigenvalue weighted by atomic mass is 9.67. The number of phenols is 2. The number of nitrogens with zero attached hydrogens (tertiary/aromatic N) is 1. The van der Waals surface area contributed by atoms with Crippen molar-refractivity contribution in [3.63, 3.8) is 0 Å². The van der Waals surface area contributed by atoms with E-state index < -0.39 is 6.10 Å². The summed E-state index contributed by atoms with van der Waals surface area (Å²) in [7, 11) is 2.16. The molecule has 1 atom stereocenters. The molecule has 0 unspecified atom stereocenters. The number of fused-ring (bicyclic) bond motifs is 1. The zero-order valence-electron chi connectivity index (χ0n) is 26.8. The molecule has 6 rings (SSSR count). The van der Waals surface area contributed by atoms with Gasteiger partial charge in [-0.3, -0.25) is 4.79 Å². The highest BCUT2D eigenvalue weighted by Crippen LogP contribution is 2.45. The van der Waals surface area contributed by atoms with Crippen molar-refractivity contribution in [2.24, 2.45) is 0 Å². The number of phenolic OH excluding ortho intramolecular Hbond substituents is 2. The van der Waals surface area contributed by atoms with Crippen LogP contribution in [0.3, 0.4) is 0 Å². The molecule has 4 aromatic carbocycles. The van der Waals surface area contributed by atoms with Gasteiger partial charge in [-0.05, 0) is 98.5 Å². The van der Waals surface area contributed by atoms with Gasteiger partial charge in [-0.2, -0.15) is 0 Å². The molecule has 0 saturated carbocycles. The Morgan fingerprint density at radius 3 is 2.36 bits per heavy atom. The van der Waals surface area contributed by atoms with Crippen molar-refractivity contribution < 1.29 is 20.1 Å². The largest absolute Gasteiger partial charge is 0.508 e. The lowest BCUT2D eigenvalue weighted by molar-refractivity contribution is 0.176. The predicted octanol–water partition coefficient (Wildman–Crippen LogP) is 5.44. The van der Waals surface area contributed by atoms with E-state index in [2.05, 4.69) is 64.7 Å². The molecule has 0 aliphatic carbocycles. The van der Waals surface area contributed by atoms with Gasteiger partial charge in [0.1, 0.15) is 17.2 Å². The van der Waals surface area contributed by atoms with Gasteiger partial charge in [0, 0.05) is 35.4 Å². The molecular weight excluding hydrogens is 590 g/mol. The third kappa shape index (κ3) is 7.36. The molecule has 0 bridgehead atoms. The number of aromatic amines is 1. The van der Waals surface area contributed by atoms with Crippen molar-refractivity contribution in [2.75, 3.05) is 39.8 Å². The summed E-state index contributed by atoms with van der Waals surface area (Å²) in [6, 6.07) is 30.9. The van der Waals surface area contributed by atoms with Crippen LogP contribution in [-0.4, -0.2) is 65.0 Å². The average Bonchev–Trinajstić information content (AvgIpc) is 3.09. The van der Waals surface area contributed by atoms with Crippen LogP contribution in [0.2, 0.25) is 0 Å². The van der Waals surface area contributed by atoms with Gasteiger partial charge < -0.3 is 35.3 Å². The number of ether oxygens (including phenoxy) is 1. The van der Waals surface area contributed by atoms with Gasteiger partial charge in [0.25, 0.3) is 0 Å². The molecule has 0 amide bonds. The van der Waals surface area contributed by atoms with E-state index in [-0.39, 0.29) is 16.7 Å². The first-order valence-corrected chi connectivity index (χ1v) is 16.3. The molecule has 1 saturated heterocycles. The minimum Gasteiger partial charge on any atom is -0.508 e. The first-order chi connectivity index (χ1) is 22.8. The van der Waals surface area contributed by atoms with Crippen LogP contribution < -0.4 is 15.6 Å². The van der Waals surface area contributed by atoms with E-state index in [9.17, 15) is 20.1 Å². The fraction of sp³-hybridized carbons (Fsp3) is 0.308. The number of nitrogens with one attached hydrogen (secondary N) is 2. The molecule has 1 aliphatic heterocycles. The number of aliphatic hydroxyl groups is 1. The van der Waals surface area contributed by atoms with Gasteiger partial charge in [-0.1, -0.05) is 60.7 Å². The van der Waals surface area contributed by atoms with Crippen molar-refractivity contribution in [3.8, 4) is 17.2 Å². The lowest BCUT2D eigenvalue weighted by Gasteiger charge is -2.42. The third-order valence-electron chi connectivity index (χ3n) is 9.52. The number of aliphatic hydroxyl groups excluding tert-OH is 1. The minimum atomic E-state index is -0.794. The van der Waals surface area contributed by atoms with Crippen LogP contribution in [-0.2, 0) is 18.3 Å². The van der Waals surface area contributed by atoms with E-state index >= 15 is 0 Å². The molecule has 8 heteroatoms. The maximum atomic E-state index is 11.7. The number of H-pyrrole nitrogens is 1. The van der Waals surface area contributed by atoms with E-state index in [1.54, 1.807) is 12.1 Å². The fourth-order valence-corrected chi connectivity index (χ4v) is 6.76. The molecule has 5 aromatic rings. The summed E-state index contributed by atoms with van der Waals surface area (Å²) >= 11 is 0. The summed E-state index contributed by atoms with van der Waals surface area (Å²) in [5.74, 6) is 1.14. The van der Waals surface area contributed by atoms with Crippen molar-refractivity contribution in [3.05, 3.63) is 135 Å². The molecule has 8 nitrogen and oxygen atoms in total. The van der Waals surface area contributed by atoms with Crippen LogP contribution in [0.25, 0.3) is 10.9 Å². The maximum Gasteiger partial charge on any atom is 0.248 e. The smallest absolute Gasteiger partial charge is 0.248 e. The number of hydrogen-bond donors (Lipinski definition) is 5. The first-order valence-electron chi connectivity index (χ1n) is 16.3. The molecule has 0 spiro atoms. The highest BCUT2D eigenvalue weighted by atomic mass is 16.5. The van der Waals surface area contributed by atoms with Crippen LogP contribution in [0.15, 0.2) is 102 Å². The Balaban J connectivity index is 1.00. The Morgan fingerprint density at radius 2 is 1.60 bits per heavy atom. The summed E-state index contributed by atoms with van der Waals surface area (Å²) in [6.07, 6.45) is 2.65. The number of benzene rings is 4. The minimum absolute atomic E-state index is 0.0247. The van der Waals surface area contributed by atoms with Gasteiger partial charge in [-0.25, -0.2) is 0 Å². The second-order valence-corrected chi connectivity index (χ2v) is 12.6. The zero-order chi connectivity index (χ0) is 32.8. The number of aromatic nitrogens is 1. The van der Waals surface area contributed by atoms with Crippen molar-refractivity contribution in [2.45, 2.75) is 37.2 Å². The number of hydrogen-bond acceptors (Lipinski definition) is 7. The summed E-state index contributed by atoms with van der Waals surface area (Å²) < 4.78 is 6.10. The Kier molecular flexibility index (Phi) is 9.92. The standard InChI is InChI=1S/C39H43N3O5/c1-42-22-19-39(20-23-42,29-5-3-2-4-6-29)33-25-28(9-14-34(33)43)18-24-47-30-10-7-27(8-11-30)17-21-40-26-36(45)31-12-15-35(44)38-32(31)13-16-37(46)41-38/h2-16,25,36,40,43-45H,17-24,26H2,1H3,(H,41,46)/t36-/m0/s1. The number of rotatable bonds is 12. The number of aromatic hydroxyl groups is 2. The zero-order valence-corrected chi connectivity index (χ0v) is 26.8. The molecule has 1 fully saturated rings. The molecule has 5 N–H and O–H groups in total. The molecule has 1 aliphatic rings. The SMILES string of the molecule is CN1CCC(c2ccccc2)(c2cc(CCOc3ccc(CCNC[C@H](O)c4ccc(O)c5[nH]c(=O)ccc45)cc3)ccc2O)CC1. The topological polar surface area (TPSA) is 118 Å². The van der Waals surface area contributed by atoms with Crippen LogP contribution in [0.4, 0.5) is 0 Å². The van der Waals surface area contributed by atoms with E-state index in [0.29, 0.717) is 41.9 Å². The summed E-state index contributed by atoms with van der Waals surface area (Å²) in [4.78, 5) is 16.7. The highest BCUT2D eigenvalue weighted by molar-refractivity contribution is 5.87. The maximum absolute atomic E-state index is 11.7. The second-order valence-electron chi connectivity index (χ2n) is 12.6. The first kappa shape index (κ1) is 32.3. The molecule has 2 heterocycles. The van der Waals surface area contributed by atoms with Crippen molar-refractivity contribution >= 4 is 10.9 Å². The van der Waals surface area contributed by atoms with E-state index in [0.717, 1.165) is 61.2 Å². The quantitative estimate of drug-likeness (QED) is 0.116. The van der Waals surface area contributed by atoms with Crippen LogP contribution in [0.1, 0.15) is 46.8 Å². The second kappa shape index (κ2) is 14.4. The lowest BCUT2D eigenvalue weighted by Crippen LogP contribution is -2.41. The monoisotopic (exact) mass is 633 g/mol. The number of piperidine rings is 1. The highest BCUT2D eigenvalue weighted by Gasteiger charge is 2.39. The van der Waals surface area contributed by atoms with E-state index in [1.807, 2.05) is 30.3 Å². The average molecular weight is 634 g/mol. The summed E-state index contributed by atoms with van der Waals surface area (Å²) in [5.41, 5.74) is 5.02. The Labute approximate surface area is 275 Å². The molecule has 244 valence electrons. The van der Waals surface area contributed by atoms with Gasteiger partial charge in [0.05, 0.1) is 18.2 Å². The Morgan fingerprint density at radius 1 is 0.872 bits per heavy atom. The molecular formula is C39H43N3O5. The van der Waals surface area contributed by atoms with Gasteiger partial charge >= 0.3 is 0 Å². The van der Waals surface area contributed by atoms with Gasteiger partial charge in [0.15, 0.2) is 0 Å². The van der Waals surface area contributed by atoms with Crippen LogP contribution in [0, 0.1) is 0 Å². The van der Waals surface area contributed by atoms with Crippen LogP contribution >= 0.6 is 0 Å². The Bertz CT molecular complexity index is 1850. The van der Waals surface area contributed by atoms with Crippen LogP contribution in [0.5, 0.6) is 17.2 Å². The summed E-state index contributed by atoms with van der Waals surface area (Å²) in [6.45, 7) is 3.51. The Hall–Kier alpha value is -4.63. The third-order valence-corrected chi connectivity index (χ3v) is 9.52. The fourth-order valence-electron chi connectivity index (χ4n) is 6.76. The van der Waals surface area contributed by atoms with Gasteiger partial charge in [0.2, 0.25) is 5.56 Å². The normalized spacial score (nSPS) is 15.4. The molecule has 47 heavy (non-hydrogen) atoms.